The molecule has 0 aliphatic rings. The van der Waals surface area contributed by atoms with Crippen LogP contribution in [0.3, 0.4) is 0 Å². The predicted molar refractivity (Wildman–Crippen MR) is 93.9 cm³/mol. The molecule has 134 valence electrons. The molecule has 0 heterocycles. The van der Waals surface area contributed by atoms with Crippen molar-refractivity contribution in [3.63, 3.8) is 0 Å². The molecule has 0 fully saturated rings. The quantitative estimate of drug-likeness (QED) is 0.821. The molecule has 0 radical (unpaired) electrons. The first kappa shape index (κ1) is 19.1. The average Bonchev–Trinajstić information content (AvgIpc) is 2.57. The van der Waals surface area contributed by atoms with E-state index in [0.29, 0.717) is 6.54 Å². The SMILES string of the molecule is CC(=O)N(CCNS(=O)(=O)c1ccc(F)c(C)c1)Cc1ccccc1. The number of nitrogens with one attached hydrogen (secondary N) is 1. The lowest BCUT2D eigenvalue weighted by atomic mass is 10.2. The summed E-state index contributed by atoms with van der Waals surface area (Å²) in [6.45, 7) is 3.68. The summed E-state index contributed by atoms with van der Waals surface area (Å²) in [5.41, 5.74) is 1.23. The molecular formula is C18H21FN2O3S. The summed E-state index contributed by atoms with van der Waals surface area (Å²) in [5.74, 6) is -0.592. The molecule has 7 heteroatoms. The molecule has 0 saturated heterocycles. The second-order valence-corrected chi connectivity index (χ2v) is 7.50. The molecule has 0 aliphatic heterocycles. The van der Waals surface area contributed by atoms with Gasteiger partial charge in [-0.3, -0.25) is 4.79 Å². The van der Waals surface area contributed by atoms with Gasteiger partial charge in [-0.1, -0.05) is 30.3 Å². The molecule has 1 N–H and O–H groups in total. The number of hydrogen-bond acceptors (Lipinski definition) is 3. The van der Waals surface area contributed by atoms with Crippen LogP contribution in [-0.4, -0.2) is 32.3 Å². The molecule has 0 atom stereocenters. The summed E-state index contributed by atoms with van der Waals surface area (Å²) in [6, 6.07) is 13.1. The van der Waals surface area contributed by atoms with Crippen LogP contribution in [0.2, 0.25) is 0 Å². The molecule has 2 rings (SSSR count). The minimum Gasteiger partial charge on any atom is -0.337 e. The van der Waals surface area contributed by atoms with E-state index in [4.69, 9.17) is 0 Å². The third kappa shape index (κ3) is 5.37. The molecule has 0 saturated carbocycles. The fourth-order valence-electron chi connectivity index (χ4n) is 2.33. The van der Waals surface area contributed by atoms with Crippen LogP contribution in [0.4, 0.5) is 4.39 Å². The number of halogens is 1. The van der Waals surface area contributed by atoms with E-state index in [-0.39, 0.29) is 29.5 Å². The third-order valence-electron chi connectivity index (χ3n) is 3.78. The van der Waals surface area contributed by atoms with Crippen LogP contribution in [-0.2, 0) is 21.4 Å². The van der Waals surface area contributed by atoms with Gasteiger partial charge >= 0.3 is 0 Å². The van der Waals surface area contributed by atoms with Gasteiger partial charge in [-0.05, 0) is 36.2 Å². The van der Waals surface area contributed by atoms with Gasteiger partial charge < -0.3 is 4.90 Å². The Hall–Kier alpha value is -2.25. The van der Waals surface area contributed by atoms with Crippen LogP contribution in [0, 0.1) is 12.7 Å². The lowest BCUT2D eigenvalue weighted by molar-refractivity contribution is -0.129. The minimum atomic E-state index is -3.75. The van der Waals surface area contributed by atoms with Crippen molar-refractivity contribution in [2.24, 2.45) is 0 Å². The van der Waals surface area contributed by atoms with E-state index in [2.05, 4.69) is 4.72 Å². The molecule has 2 aromatic rings. The number of amides is 1. The highest BCUT2D eigenvalue weighted by atomic mass is 32.2. The van der Waals surface area contributed by atoms with E-state index in [1.807, 2.05) is 30.3 Å². The summed E-state index contributed by atoms with van der Waals surface area (Å²) in [7, 11) is -3.75. The van der Waals surface area contributed by atoms with Gasteiger partial charge in [0.1, 0.15) is 5.82 Å². The summed E-state index contributed by atoms with van der Waals surface area (Å²) in [4.78, 5) is 13.3. The van der Waals surface area contributed by atoms with Crippen LogP contribution >= 0.6 is 0 Å². The maximum atomic E-state index is 13.3. The second kappa shape index (κ2) is 8.22. The normalized spacial score (nSPS) is 11.3. The fraction of sp³-hybridized carbons (Fsp3) is 0.278. The van der Waals surface area contributed by atoms with Gasteiger partial charge in [0.15, 0.2) is 0 Å². The predicted octanol–water partition coefficient (Wildman–Crippen LogP) is 2.46. The number of benzene rings is 2. The third-order valence-corrected chi connectivity index (χ3v) is 5.23. The van der Waals surface area contributed by atoms with E-state index in [1.54, 1.807) is 4.90 Å². The van der Waals surface area contributed by atoms with Crippen molar-refractivity contribution >= 4 is 15.9 Å². The van der Waals surface area contributed by atoms with Crippen molar-refractivity contribution in [3.05, 3.63) is 65.5 Å². The molecule has 0 bridgehead atoms. The van der Waals surface area contributed by atoms with Crippen LogP contribution in [0.5, 0.6) is 0 Å². The first-order chi connectivity index (χ1) is 11.8. The highest BCUT2D eigenvalue weighted by Gasteiger charge is 2.16. The molecule has 0 spiro atoms. The fourth-order valence-corrected chi connectivity index (χ4v) is 3.44. The van der Waals surface area contributed by atoms with Gasteiger partial charge in [0.05, 0.1) is 4.90 Å². The van der Waals surface area contributed by atoms with Crippen molar-refractivity contribution in [2.75, 3.05) is 13.1 Å². The molecule has 2 aromatic carbocycles. The van der Waals surface area contributed by atoms with Crippen LogP contribution < -0.4 is 4.72 Å². The number of hydrogen-bond donors (Lipinski definition) is 1. The summed E-state index contributed by atoms with van der Waals surface area (Å²) in [5, 5.41) is 0. The highest BCUT2D eigenvalue weighted by Crippen LogP contribution is 2.14. The number of rotatable bonds is 7. The van der Waals surface area contributed by atoms with Crippen LogP contribution in [0.1, 0.15) is 18.1 Å². The summed E-state index contributed by atoms with van der Waals surface area (Å²) in [6.07, 6.45) is 0. The lowest BCUT2D eigenvalue weighted by Crippen LogP contribution is -2.37. The average molecular weight is 364 g/mol. The zero-order valence-corrected chi connectivity index (χ0v) is 15.0. The van der Waals surface area contributed by atoms with Crippen LogP contribution in [0.25, 0.3) is 0 Å². The number of sulfonamides is 1. The molecule has 0 unspecified atom stereocenters. The molecule has 0 aliphatic carbocycles. The lowest BCUT2D eigenvalue weighted by Gasteiger charge is -2.21. The van der Waals surface area contributed by atoms with E-state index >= 15 is 0 Å². The smallest absolute Gasteiger partial charge is 0.240 e. The number of nitrogens with zero attached hydrogens (tertiary/aromatic N) is 1. The maximum absolute atomic E-state index is 13.3. The first-order valence-electron chi connectivity index (χ1n) is 7.85. The Morgan fingerprint density at radius 1 is 1.16 bits per heavy atom. The Kier molecular flexibility index (Phi) is 6.27. The zero-order valence-electron chi connectivity index (χ0n) is 14.2. The van der Waals surface area contributed by atoms with Gasteiger partial charge in [-0.15, -0.1) is 0 Å². The Balaban J connectivity index is 1.98. The Bertz CT molecular complexity index is 839. The molecule has 0 aromatic heterocycles. The molecule has 1 amide bonds. The Labute approximate surface area is 147 Å². The van der Waals surface area contributed by atoms with Gasteiger partial charge in [0, 0.05) is 26.6 Å². The first-order valence-corrected chi connectivity index (χ1v) is 9.33. The van der Waals surface area contributed by atoms with Gasteiger partial charge in [0.2, 0.25) is 15.9 Å². The summed E-state index contributed by atoms with van der Waals surface area (Å²) < 4.78 is 40.3. The van der Waals surface area contributed by atoms with Gasteiger partial charge in [0.25, 0.3) is 0 Å². The van der Waals surface area contributed by atoms with Crippen LogP contribution in [0.15, 0.2) is 53.4 Å². The Morgan fingerprint density at radius 2 is 1.84 bits per heavy atom. The standard InChI is InChI=1S/C18H21FN2O3S/c1-14-12-17(8-9-18(14)19)25(23,24)20-10-11-21(15(2)22)13-16-6-4-3-5-7-16/h3-9,12,20H,10-11,13H2,1-2H3. The van der Waals surface area contributed by atoms with Crippen molar-refractivity contribution in [3.8, 4) is 0 Å². The molecule has 25 heavy (non-hydrogen) atoms. The Morgan fingerprint density at radius 3 is 2.44 bits per heavy atom. The van der Waals surface area contributed by atoms with Gasteiger partial charge in [-0.2, -0.15) is 0 Å². The number of carbonyl (C=O) groups excluding carboxylic acids is 1. The zero-order chi connectivity index (χ0) is 18.4. The molecular weight excluding hydrogens is 343 g/mol. The molecule has 5 nitrogen and oxygen atoms in total. The van der Waals surface area contributed by atoms with Crippen molar-refractivity contribution in [1.29, 1.82) is 0 Å². The van der Waals surface area contributed by atoms with Gasteiger partial charge in [-0.25, -0.2) is 17.5 Å². The number of carbonyl (C=O) groups is 1. The largest absolute Gasteiger partial charge is 0.337 e. The topological polar surface area (TPSA) is 66.5 Å². The van der Waals surface area contributed by atoms with E-state index < -0.39 is 15.8 Å². The summed E-state index contributed by atoms with van der Waals surface area (Å²) >= 11 is 0. The van der Waals surface area contributed by atoms with E-state index in [9.17, 15) is 17.6 Å². The minimum absolute atomic E-state index is 0.00355. The maximum Gasteiger partial charge on any atom is 0.240 e. The second-order valence-electron chi connectivity index (χ2n) is 5.73. The highest BCUT2D eigenvalue weighted by molar-refractivity contribution is 7.89. The van der Waals surface area contributed by atoms with E-state index in [1.165, 1.54) is 26.0 Å². The van der Waals surface area contributed by atoms with Crippen molar-refractivity contribution in [1.82, 2.24) is 9.62 Å². The number of aryl methyl sites for hydroxylation is 1. The monoisotopic (exact) mass is 364 g/mol. The van der Waals surface area contributed by atoms with E-state index in [0.717, 1.165) is 11.6 Å². The van der Waals surface area contributed by atoms with Crippen molar-refractivity contribution in [2.45, 2.75) is 25.3 Å². The van der Waals surface area contributed by atoms with Crippen molar-refractivity contribution < 1.29 is 17.6 Å².